The van der Waals surface area contributed by atoms with Gasteiger partial charge in [0, 0.05) is 12.1 Å². The number of nitro groups is 1. The van der Waals surface area contributed by atoms with E-state index in [1.807, 2.05) is 0 Å². The SMILES string of the molecule is Cc1cccc([N+](=O)[O-])c1S(=O)(=O)NC1CC(O)C1. The van der Waals surface area contributed by atoms with Crippen molar-refractivity contribution in [2.24, 2.45) is 0 Å². The van der Waals surface area contributed by atoms with Crippen LogP contribution in [0.5, 0.6) is 0 Å². The number of aryl methyl sites for hydroxylation is 1. The van der Waals surface area contributed by atoms with Gasteiger partial charge in [0.05, 0.1) is 11.0 Å². The maximum atomic E-state index is 12.2. The molecule has 0 heterocycles. The third-order valence-electron chi connectivity index (χ3n) is 3.09. The van der Waals surface area contributed by atoms with Gasteiger partial charge in [-0.3, -0.25) is 10.1 Å². The molecule has 2 rings (SSSR count). The number of nitro benzene ring substituents is 1. The zero-order valence-corrected chi connectivity index (χ0v) is 11.1. The zero-order valence-electron chi connectivity index (χ0n) is 10.2. The van der Waals surface area contributed by atoms with Crippen molar-refractivity contribution < 1.29 is 18.4 Å². The maximum Gasteiger partial charge on any atom is 0.289 e. The quantitative estimate of drug-likeness (QED) is 0.625. The number of nitrogens with zero attached hydrogens (tertiary/aromatic N) is 1. The van der Waals surface area contributed by atoms with E-state index >= 15 is 0 Å². The van der Waals surface area contributed by atoms with Crippen LogP contribution in [0.25, 0.3) is 0 Å². The Balaban J connectivity index is 2.37. The first-order valence-electron chi connectivity index (χ1n) is 5.75. The van der Waals surface area contributed by atoms with Crippen molar-refractivity contribution in [1.82, 2.24) is 4.72 Å². The monoisotopic (exact) mass is 286 g/mol. The topological polar surface area (TPSA) is 110 Å². The second-order valence-electron chi connectivity index (χ2n) is 4.62. The van der Waals surface area contributed by atoms with E-state index in [4.69, 9.17) is 5.11 Å². The van der Waals surface area contributed by atoms with Crippen molar-refractivity contribution in [3.63, 3.8) is 0 Å². The molecule has 0 bridgehead atoms. The molecule has 0 spiro atoms. The van der Waals surface area contributed by atoms with Crippen LogP contribution in [-0.4, -0.2) is 30.6 Å². The number of aliphatic hydroxyl groups is 1. The Bertz CT molecular complexity index is 608. The van der Waals surface area contributed by atoms with Crippen LogP contribution in [0.1, 0.15) is 18.4 Å². The lowest BCUT2D eigenvalue weighted by molar-refractivity contribution is -0.387. The summed E-state index contributed by atoms with van der Waals surface area (Å²) in [6.07, 6.45) is 0.164. The minimum Gasteiger partial charge on any atom is -0.393 e. The van der Waals surface area contributed by atoms with E-state index in [-0.39, 0.29) is 10.9 Å². The predicted octanol–water partition coefficient (Wildman–Crippen LogP) is 0.705. The minimum absolute atomic E-state index is 0.304. The summed E-state index contributed by atoms with van der Waals surface area (Å²) in [6.45, 7) is 1.51. The Kier molecular flexibility index (Phi) is 3.57. The van der Waals surface area contributed by atoms with Crippen LogP contribution in [0.4, 0.5) is 5.69 Å². The van der Waals surface area contributed by atoms with Gasteiger partial charge in [-0.2, -0.15) is 0 Å². The van der Waals surface area contributed by atoms with Gasteiger partial charge in [0.25, 0.3) is 5.69 Å². The molecule has 0 unspecified atom stereocenters. The molecule has 0 saturated heterocycles. The number of benzene rings is 1. The van der Waals surface area contributed by atoms with Crippen LogP contribution in [0, 0.1) is 17.0 Å². The highest BCUT2D eigenvalue weighted by Gasteiger charge is 2.34. The lowest BCUT2D eigenvalue weighted by Gasteiger charge is -2.31. The first kappa shape index (κ1) is 13.9. The van der Waals surface area contributed by atoms with Crippen LogP contribution in [-0.2, 0) is 10.0 Å². The van der Waals surface area contributed by atoms with Crippen molar-refractivity contribution in [2.75, 3.05) is 0 Å². The molecule has 0 radical (unpaired) electrons. The van der Waals surface area contributed by atoms with Crippen LogP contribution >= 0.6 is 0 Å². The number of aliphatic hydroxyl groups excluding tert-OH is 1. The molecular weight excluding hydrogens is 272 g/mol. The van der Waals surface area contributed by atoms with E-state index in [2.05, 4.69) is 4.72 Å². The van der Waals surface area contributed by atoms with Crippen molar-refractivity contribution >= 4 is 15.7 Å². The number of hydrogen-bond acceptors (Lipinski definition) is 5. The molecule has 1 aliphatic carbocycles. The third kappa shape index (κ3) is 2.75. The molecule has 19 heavy (non-hydrogen) atoms. The van der Waals surface area contributed by atoms with Crippen LogP contribution < -0.4 is 4.72 Å². The molecule has 0 atom stereocenters. The Morgan fingerprint density at radius 2 is 2.05 bits per heavy atom. The maximum absolute atomic E-state index is 12.2. The minimum atomic E-state index is -3.95. The fourth-order valence-electron chi connectivity index (χ4n) is 2.09. The summed E-state index contributed by atoms with van der Waals surface area (Å²) in [4.78, 5) is 9.90. The van der Waals surface area contributed by atoms with E-state index < -0.39 is 26.7 Å². The highest BCUT2D eigenvalue weighted by atomic mass is 32.2. The summed E-state index contributed by atoms with van der Waals surface area (Å²) in [5.41, 5.74) is -0.117. The molecular formula is C11H14N2O5S. The number of sulfonamides is 1. The highest BCUT2D eigenvalue weighted by molar-refractivity contribution is 7.89. The van der Waals surface area contributed by atoms with Gasteiger partial charge < -0.3 is 5.11 Å². The van der Waals surface area contributed by atoms with Gasteiger partial charge in [0.2, 0.25) is 10.0 Å². The second kappa shape index (κ2) is 4.87. The standard InChI is InChI=1S/C11H14N2O5S/c1-7-3-2-4-10(13(15)16)11(7)19(17,18)12-8-5-9(14)6-8/h2-4,8-9,12,14H,5-6H2,1H3. The Morgan fingerprint density at radius 3 is 2.58 bits per heavy atom. The van der Waals surface area contributed by atoms with Gasteiger partial charge in [0.1, 0.15) is 0 Å². The molecule has 1 aliphatic rings. The van der Waals surface area contributed by atoms with E-state index in [0.29, 0.717) is 18.4 Å². The summed E-state index contributed by atoms with van der Waals surface area (Å²) < 4.78 is 26.8. The van der Waals surface area contributed by atoms with Crippen LogP contribution in [0.15, 0.2) is 23.1 Å². The van der Waals surface area contributed by atoms with Gasteiger partial charge in [-0.05, 0) is 25.3 Å². The fraction of sp³-hybridized carbons (Fsp3) is 0.455. The van der Waals surface area contributed by atoms with Gasteiger partial charge in [0.15, 0.2) is 4.90 Å². The molecule has 7 nitrogen and oxygen atoms in total. The highest BCUT2D eigenvalue weighted by Crippen LogP contribution is 2.29. The molecule has 1 saturated carbocycles. The van der Waals surface area contributed by atoms with Gasteiger partial charge in [-0.15, -0.1) is 0 Å². The summed E-state index contributed by atoms with van der Waals surface area (Å²) in [6, 6.07) is 3.76. The van der Waals surface area contributed by atoms with Crippen molar-refractivity contribution in [3.8, 4) is 0 Å². The average molecular weight is 286 g/mol. The number of nitrogens with one attached hydrogen (secondary N) is 1. The van der Waals surface area contributed by atoms with Crippen LogP contribution in [0.2, 0.25) is 0 Å². The van der Waals surface area contributed by atoms with Gasteiger partial charge in [-0.1, -0.05) is 12.1 Å². The fourth-order valence-corrected chi connectivity index (χ4v) is 3.75. The number of hydrogen-bond donors (Lipinski definition) is 2. The van der Waals surface area contributed by atoms with Crippen LogP contribution in [0.3, 0.4) is 0 Å². The normalized spacial score (nSPS) is 22.8. The summed E-state index contributed by atoms with van der Waals surface area (Å²) in [5.74, 6) is 0. The van der Waals surface area contributed by atoms with Crippen molar-refractivity contribution in [2.45, 2.75) is 36.8 Å². The van der Waals surface area contributed by atoms with Gasteiger partial charge in [-0.25, -0.2) is 13.1 Å². The molecule has 0 aromatic heterocycles. The zero-order chi connectivity index (χ0) is 14.2. The largest absolute Gasteiger partial charge is 0.393 e. The first-order chi connectivity index (χ1) is 8.81. The molecule has 0 amide bonds. The Morgan fingerprint density at radius 1 is 1.42 bits per heavy atom. The average Bonchev–Trinajstić information content (AvgIpc) is 2.25. The third-order valence-corrected chi connectivity index (χ3v) is 4.80. The molecule has 8 heteroatoms. The van der Waals surface area contributed by atoms with E-state index in [9.17, 15) is 18.5 Å². The van der Waals surface area contributed by atoms with Crippen molar-refractivity contribution in [3.05, 3.63) is 33.9 Å². The molecule has 104 valence electrons. The molecule has 1 aromatic rings. The molecule has 2 N–H and O–H groups in total. The van der Waals surface area contributed by atoms with E-state index in [1.165, 1.54) is 19.1 Å². The lowest BCUT2D eigenvalue weighted by atomic mass is 9.91. The Labute approximate surface area is 110 Å². The molecule has 0 aliphatic heterocycles. The van der Waals surface area contributed by atoms with Gasteiger partial charge >= 0.3 is 0 Å². The summed E-state index contributed by atoms with van der Waals surface area (Å²) in [5, 5.41) is 20.1. The number of rotatable bonds is 4. The van der Waals surface area contributed by atoms with E-state index in [1.54, 1.807) is 0 Å². The smallest absolute Gasteiger partial charge is 0.289 e. The molecule has 1 aromatic carbocycles. The summed E-state index contributed by atoms with van der Waals surface area (Å²) in [7, 11) is -3.95. The van der Waals surface area contributed by atoms with Crippen molar-refractivity contribution in [1.29, 1.82) is 0 Å². The lowest BCUT2D eigenvalue weighted by Crippen LogP contribution is -2.46. The Hall–Kier alpha value is -1.51. The first-order valence-corrected chi connectivity index (χ1v) is 7.24. The summed E-state index contributed by atoms with van der Waals surface area (Å²) >= 11 is 0. The molecule has 1 fully saturated rings. The predicted molar refractivity (Wildman–Crippen MR) is 67.2 cm³/mol. The second-order valence-corrected chi connectivity index (χ2v) is 6.27. The van der Waals surface area contributed by atoms with E-state index in [0.717, 1.165) is 6.07 Å².